The van der Waals surface area contributed by atoms with Crippen molar-refractivity contribution in [3.63, 3.8) is 0 Å². The molecule has 0 radical (unpaired) electrons. The largest absolute Gasteiger partial charge is 0.453 e. The van der Waals surface area contributed by atoms with Crippen LogP contribution in [0.4, 0.5) is 9.59 Å². The molecule has 2 aromatic heterocycles. The molecule has 61 heavy (non-hydrogen) atoms. The first-order valence-electron chi connectivity index (χ1n) is 21.2. The van der Waals surface area contributed by atoms with Crippen molar-refractivity contribution in [1.29, 1.82) is 0 Å². The summed E-state index contributed by atoms with van der Waals surface area (Å²) in [5.41, 5.74) is 5.93. The number of ether oxygens (including phenoxy) is 2. The summed E-state index contributed by atoms with van der Waals surface area (Å²) >= 11 is 0. The SMILES string of the molecule is COC(=O)N[C@@H](C(=O)N1CCC[C@H]1c1ncc(-c2ccc(-c3ccc(-c4cnc([C@@H]5CCCN5C(=O)[C@@H]5CCCN(C(=O)OC(C)(C)C)C5)[nH]4)cc3)cc2)[nH]1)c1ccccc1. The minimum Gasteiger partial charge on any atom is -0.453 e. The van der Waals surface area contributed by atoms with Gasteiger partial charge in [0.1, 0.15) is 23.3 Å². The van der Waals surface area contributed by atoms with E-state index in [4.69, 9.17) is 19.4 Å². The Labute approximate surface area is 356 Å². The average molecular weight is 827 g/mol. The van der Waals surface area contributed by atoms with Crippen molar-refractivity contribution in [2.45, 2.75) is 83.0 Å². The third kappa shape index (κ3) is 9.18. The maximum absolute atomic E-state index is 13.9. The van der Waals surface area contributed by atoms with Crippen LogP contribution in [0.25, 0.3) is 33.6 Å². The van der Waals surface area contributed by atoms with Crippen LogP contribution in [0.1, 0.15) is 94.6 Å². The molecule has 3 aliphatic heterocycles. The molecular weight excluding hydrogens is 773 g/mol. The van der Waals surface area contributed by atoms with Crippen LogP contribution in [0.5, 0.6) is 0 Å². The Kier molecular flexibility index (Phi) is 12.0. The van der Waals surface area contributed by atoms with E-state index in [1.807, 2.05) is 62.2 Å². The van der Waals surface area contributed by atoms with E-state index in [-0.39, 0.29) is 35.9 Å². The monoisotopic (exact) mass is 826 g/mol. The van der Waals surface area contributed by atoms with Crippen molar-refractivity contribution in [2.75, 3.05) is 33.3 Å². The Hall–Kier alpha value is -6.44. The van der Waals surface area contributed by atoms with Gasteiger partial charge >= 0.3 is 12.2 Å². The van der Waals surface area contributed by atoms with Gasteiger partial charge in [-0.3, -0.25) is 9.59 Å². The van der Waals surface area contributed by atoms with Crippen molar-refractivity contribution in [3.8, 4) is 33.6 Å². The lowest BCUT2D eigenvalue weighted by molar-refractivity contribution is -0.138. The number of methoxy groups -OCH3 is 1. The minimum atomic E-state index is -0.879. The Bertz CT molecular complexity index is 2330. The standard InChI is InChI=1S/C47H54N8O6/c1-47(2,3)61-46(59)53-24-8-13-35(29-53)43(56)54-25-9-14-38(54)41-48-27-36(50-41)32-20-16-30(17-21-32)31-18-22-33(23-19-31)37-28-49-42(51-37)39-15-10-26-55(39)44(57)40(52-45(58)60-4)34-11-6-5-7-12-34/h5-7,11-12,16-23,27-28,35,38-40H,8-10,13-15,24-26,29H2,1-4H3,(H,48,50)(H,49,51)(H,52,58)/t35-,38+,39+,40-/m1/s1. The maximum Gasteiger partial charge on any atom is 0.410 e. The van der Waals surface area contributed by atoms with E-state index in [9.17, 15) is 19.2 Å². The molecule has 3 aliphatic rings. The fourth-order valence-electron chi connectivity index (χ4n) is 8.80. The molecule has 5 aromatic rings. The van der Waals surface area contributed by atoms with Crippen LogP contribution >= 0.6 is 0 Å². The molecule has 3 saturated heterocycles. The summed E-state index contributed by atoms with van der Waals surface area (Å²) < 4.78 is 10.4. The van der Waals surface area contributed by atoms with E-state index in [0.29, 0.717) is 37.6 Å². The lowest BCUT2D eigenvalue weighted by Gasteiger charge is -2.36. The van der Waals surface area contributed by atoms with E-state index < -0.39 is 17.7 Å². The number of carbonyl (C=O) groups excluding carboxylic acids is 4. The van der Waals surface area contributed by atoms with Crippen LogP contribution in [-0.2, 0) is 19.1 Å². The van der Waals surface area contributed by atoms with Crippen LogP contribution in [0.2, 0.25) is 0 Å². The van der Waals surface area contributed by atoms with Crippen molar-refractivity contribution < 1.29 is 28.7 Å². The van der Waals surface area contributed by atoms with Crippen molar-refractivity contribution in [3.05, 3.63) is 108 Å². The van der Waals surface area contributed by atoms with Crippen LogP contribution in [-0.4, -0.2) is 97.5 Å². The van der Waals surface area contributed by atoms with Crippen LogP contribution in [0.3, 0.4) is 0 Å². The molecule has 14 nitrogen and oxygen atoms in total. The van der Waals surface area contributed by atoms with Gasteiger partial charge in [0.25, 0.3) is 5.91 Å². The topological polar surface area (TPSA) is 166 Å². The van der Waals surface area contributed by atoms with Gasteiger partial charge in [0, 0.05) is 26.2 Å². The number of nitrogens with zero attached hydrogens (tertiary/aromatic N) is 5. The molecule has 318 valence electrons. The molecule has 0 bridgehead atoms. The molecule has 4 atom stereocenters. The molecule has 0 saturated carbocycles. The van der Waals surface area contributed by atoms with Gasteiger partial charge < -0.3 is 39.5 Å². The molecular formula is C47H54N8O6. The molecule has 5 heterocycles. The first kappa shape index (κ1) is 41.3. The number of likely N-dealkylation sites (tertiary alicyclic amines) is 3. The zero-order valence-corrected chi connectivity index (χ0v) is 35.2. The van der Waals surface area contributed by atoms with Gasteiger partial charge in [-0.1, -0.05) is 78.9 Å². The molecule has 3 fully saturated rings. The first-order chi connectivity index (χ1) is 29.5. The number of amides is 4. The van der Waals surface area contributed by atoms with Crippen LogP contribution < -0.4 is 5.32 Å². The lowest BCUT2D eigenvalue weighted by Crippen LogP contribution is -2.48. The number of aromatic nitrogens is 4. The Morgan fingerprint density at radius 1 is 0.705 bits per heavy atom. The number of nitrogens with one attached hydrogen (secondary N) is 3. The van der Waals surface area contributed by atoms with E-state index in [2.05, 4.69) is 63.8 Å². The Morgan fingerprint density at radius 3 is 1.79 bits per heavy atom. The maximum atomic E-state index is 13.9. The number of piperidine rings is 1. The second-order valence-corrected chi connectivity index (χ2v) is 17.1. The van der Waals surface area contributed by atoms with Gasteiger partial charge in [-0.15, -0.1) is 0 Å². The van der Waals surface area contributed by atoms with Crippen molar-refractivity contribution in [2.24, 2.45) is 5.92 Å². The molecule has 0 spiro atoms. The number of alkyl carbamates (subject to hydrolysis) is 1. The fraction of sp³-hybridized carbons (Fsp3) is 0.404. The number of imidazole rings is 2. The van der Waals surface area contributed by atoms with Gasteiger partial charge in [0.2, 0.25) is 5.91 Å². The van der Waals surface area contributed by atoms with E-state index >= 15 is 0 Å². The molecule has 3 aromatic carbocycles. The summed E-state index contributed by atoms with van der Waals surface area (Å²) in [6.07, 6.45) is 7.44. The zero-order valence-electron chi connectivity index (χ0n) is 35.2. The highest BCUT2D eigenvalue weighted by atomic mass is 16.6. The third-order valence-electron chi connectivity index (χ3n) is 11.9. The predicted molar refractivity (Wildman–Crippen MR) is 230 cm³/mol. The number of carbonyl (C=O) groups is 4. The number of H-pyrrole nitrogens is 2. The van der Waals surface area contributed by atoms with Gasteiger partial charge in [0.15, 0.2) is 0 Å². The van der Waals surface area contributed by atoms with E-state index in [1.165, 1.54) is 7.11 Å². The van der Waals surface area contributed by atoms with Gasteiger partial charge in [0.05, 0.1) is 48.9 Å². The lowest BCUT2D eigenvalue weighted by atomic mass is 9.96. The number of hydrogen-bond donors (Lipinski definition) is 3. The number of rotatable bonds is 9. The quantitative estimate of drug-likeness (QED) is 0.134. The predicted octanol–water partition coefficient (Wildman–Crippen LogP) is 8.21. The van der Waals surface area contributed by atoms with E-state index in [0.717, 1.165) is 78.0 Å². The minimum absolute atomic E-state index is 0.0769. The summed E-state index contributed by atoms with van der Waals surface area (Å²) in [6, 6.07) is 24.5. The van der Waals surface area contributed by atoms with Crippen LogP contribution in [0, 0.1) is 5.92 Å². The highest BCUT2D eigenvalue weighted by Crippen LogP contribution is 2.36. The Morgan fingerprint density at radius 2 is 1.23 bits per heavy atom. The molecule has 0 unspecified atom stereocenters. The van der Waals surface area contributed by atoms with Crippen LogP contribution in [0.15, 0.2) is 91.3 Å². The highest BCUT2D eigenvalue weighted by molar-refractivity contribution is 5.87. The summed E-state index contributed by atoms with van der Waals surface area (Å²) in [7, 11) is 1.28. The molecule has 3 N–H and O–H groups in total. The zero-order chi connectivity index (χ0) is 42.7. The fourth-order valence-corrected chi connectivity index (χ4v) is 8.80. The number of hydrogen-bond acceptors (Lipinski definition) is 8. The molecule has 4 amide bonds. The first-order valence-corrected chi connectivity index (χ1v) is 21.2. The van der Waals surface area contributed by atoms with Crippen molar-refractivity contribution >= 4 is 24.0 Å². The van der Waals surface area contributed by atoms with Gasteiger partial charge in [-0.05, 0) is 87.1 Å². The third-order valence-corrected chi connectivity index (χ3v) is 11.9. The smallest absolute Gasteiger partial charge is 0.410 e. The number of aromatic amines is 2. The second-order valence-electron chi connectivity index (χ2n) is 17.1. The molecule has 8 rings (SSSR count). The van der Waals surface area contributed by atoms with Gasteiger partial charge in [-0.2, -0.15) is 0 Å². The highest BCUT2D eigenvalue weighted by Gasteiger charge is 2.39. The molecule has 0 aliphatic carbocycles. The molecule has 14 heteroatoms. The normalized spacial score (nSPS) is 19.7. The summed E-state index contributed by atoms with van der Waals surface area (Å²) in [4.78, 5) is 74.6. The summed E-state index contributed by atoms with van der Waals surface area (Å²) in [6.45, 7) is 7.76. The summed E-state index contributed by atoms with van der Waals surface area (Å²) in [5.74, 6) is 1.09. The van der Waals surface area contributed by atoms with Crippen molar-refractivity contribution in [1.82, 2.24) is 40.0 Å². The van der Waals surface area contributed by atoms with Gasteiger partial charge in [-0.25, -0.2) is 19.6 Å². The Balaban J connectivity index is 0.899. The number of benzene rings is 3. The average Bonchev–Trinajstić information content (AvgIpc) is 4.12. The summed E-state index contributed by atoms with van der Waals surface area (Å²) in [5, 5.41) is 2.72. The second kappa shape index (κ2) is 17.6. The van der Waals surface area contributed by atoms with E-state index in [1.54, 1.807) is 16.0 Å².